The quantitative estimate of drug-likeness (QED) is 0.175. The number of aromatic nitrogens is 5. The van der Waals surface area contributed by atoms with Gasteiger partial charge in [-0.2, -0.15) is 5.10 Å². The van der Waals surface area contributed by atoms with Crippen molar-refractivity contribution in [1.82, 2.24) is 34.3 Å². The third-order valence-corrected chi connectivity index (χ3v) is 12.2. The van der Waals surface area contributed by atoms with Gasteiger partial charge in [0.25, 0.3) is 21.5 Å². The Morgan fingerprint density at radius 2 is 1.83 bits per heavy atom. The maximum absolute atomic E-state index is 14.5. The summed E-state index contributed by atoms with van der Waals surface area (Å²) < 4.78 is 44.4. The third kappa shape index (κ3) is 6.95. The molecule has 54 heavy (non-hydrogen) atoms. The SMILES string of the molecule is CCCCc1nc2c(c(C(=O)N3CC4(CCN(C)C4)C3)nn2C)c(=O)n1Cc1ccc(-c2ccccc2S(=O)(=O)Nc2noc(C)c2C)c(COCC)c1. The number of carbonyl (C=O) groups excluding carboxylic acids is 1. The third-order valence-electron chi connectivity index (χ3n) is 10.8. The monoisotopic (exact) mass is 756 g/mol. The first kappa shape index (κ1) is 37.5. The van der Waals surface area contributed by atoms with Gasteiger partial charge in [0.2, 0.25) is 0 Å². The summed E-state index contributed by atoms with van der Waals surface area (Å²) in [6.07, 6.45) is 3.36. The van der Waals surface area contributed by atoms with Crippen molar-refractivity contribution in [1.29, 1.82) is 0 Å². The molecule has 0 saturated carbocycles. The number of likely N-dealkylation sites (tertiary alicyclic amines) is 2. The van der Waals surface area contributed by atoms with Crippen molar-refractivity contribution < 1.29 is 22.5 Å². The number of sulfonamides is 1. The Labute approximate surface area is 315 Å². The van der Waals surface area contributed by atoms with Gasteiger partial charge in [-0.3, -0.25) is 18.9 Å². The van der Waals surface area contributed by atoms with E-state index in [1.54, 1.807) is 59.3 Å². The fourth-order valence-electron chi connectivity index (χ4n) is 7.73. The van der Waals surface area contributed by atoms with Gasteiger partial charge in [-0.1, -0.05) is 54.9 Å². The first-order chi connectivity index (χ1) is 25.8. The second kappa shape index (κ2) is 14.8. The predicted octanol–water partition coefficient (Wildman–Crippen LogP) is 4.91. The summed E-state index contributed by atoms with van der Waals surface area (Å²) in [5, 5.41) is 8.68. The van der Waals surface area contributed by atoms with Crippen molar-refractivity contribution in [3.8, 4) is 11.1 Å². The Balaban J connectivity index is 1.26. The number of hydrogen-bond acceptors (Lipinski definition) is 10. The summed E-state index contributed by atoms with van der Waals surface area (Å²) in [6.45, 7) is 11.6. The number of benzene rings is 2. The van der Waals surface area contributed by atoms with Crippen molar-refractivity contribution in [2.75, 3.05) is 44.6 Å². The molecule has 3 aromatic heterocycles. The lowest BCUT2D eigenvalue weighted by Crippen LogP contribution is -2.59. The fourth-order valence-corrected chi connectivity index (χ4v) is 9.01. The number of nitrogens with one attached hydrogen (secondary N) is 1. The van der Waals surface area contributed by atoms with Gasteiger partial charge < -0.3 is 19.1 Å². The first-order valence-corrected chi connectivity index (χ1v) is 20.0. The van der Waals surface area contributed by atoms with E-state index in [1.807, 2.05) is 25.1 Å². The molecule has 2 saturated heterocycles. The molecule has 1 N–H and O–H groups in total. The van der Waals surface area contributed by atoms with Gasteiger partial charge in [-0.25, -0.2) is 18.1 Å². The van der Waals surface area contributed by atoms with Crippen LogP contribution >= 0.6 is 0 Å². The number of fused-ring (bicyclic) bond motifs is 1. The van der Waals surface area contributed by atoms with Gasteiger partial charge in [0.1, 0.15) is 17.0 Å². The molecule has 0 unspecified atom stereocenters. The van der Waals surface area contributed by atoms with Crippen molar-refractivity contribution in [2.24, 2.45) is 12.5 Å². The van der Waals surface area contributed by atoms with Crippen LogP contribution in [0.3, 0.4) is 0 Å². The maximum Gasteiger partial charge on any atom is 0.275 e. The highest BCUT2D eigenvalue weighted by atomic mass is 32.2. The molecule has 0 bridgehead atoms. The van der Waals surface area contributed by atoms with Crippen LogP contribution < -0.4 is 10.3 Å². The van der Waals surface area contributed by atoms with E-state index in [0.29, 0.717) is 60.0 Å². The van der Waals surface area contributed by atoms with Crippen LogP contribution in [0, 0.1) is 19.3 Å². The Bertz CT molecular complexity index is 2390. The lowest BCUT2D eigenvalue weighted by molar-refractivity contribution is 0.0114. The van der Waals surface area contributed by atoms with Gasteiger partial charge in [0.15, 0.2) is 17.2 Å². The molecule has 2 aromatic carbocycles. The molecule has 0 aliphatic carbocycles. The zero-order chi connectivity index (χ0) is 38.4. The summed E-state index contributed by atoms with van der Waals surface area (Å²) in [5.41, 5.74) is 3.66. The lowest BCUT2D eigenvalue weighted by Gasteiger charge is -2.47. The van der Waals surface area contributed by atoms with E-state index in [-0.39, 0.29) is 51.8 Å². The number of amides is 1. The van der Waals surface area contributed by atoms with E-state index in [1.165, 1.54) is 0 Å². The first-order valence-electron chi connectivity index (χ1n) is 18.5. The van der Waals surface area contributed by atoms with E-state index in [2.05, 4.69) is 33.8 Å². The van der Waals surface area contributed by atoms with Crippen LogP contribution in [-0.4, -0.2) is 88.4 Å². The number of nitrogens with zero attached hydrogens (tertiary/aromatic N) is 7. The Hall–Kier alpha value is -4.86. The van der Waals surface area contributed by atoms with Crippen molar-refractivity contribution in [3.63, 3.8) is 0 Å². The molecular formula is C39H48N8O6S. The van der Waals surface area contributed by atoms with Crippen LogP contribution in [0.15, 0.2) is 56.7 Å². The maximum atomic E-state index is 14.5. The molecule has 5 aromatic rings. The summed E-state index contributed by atoms with van der Waals surface area (Å²) in [5.74, 6) is 1.03. The van der Waals surface area contributed by atoms with E-state index in [4.69, 9.17) is 14.2 Å². The second-order valence-electron chi connectivity index (χ2n) is 14.8. The zero-order valence-electron chi connectivity index (χ0n) is 31.8. The molecule has 15 heteroatoms. The molecule has 5 heterocycles. The second-order valence-corrected chi connectivity index (χ2v) is 16.4. The highest BCUT2D eigenvalue weighted by Gasteiger charge is 2.49. The van der Waals surface area contributed by atoms with Crippen LogP contribution in [0.2, 0.25) is 0 Å². The lowest BCUT2D eigenvalue weighted by atomic mass is 9.79. The summed E-state index contributed by atoms with van der Waals surface area (Å²) in [7, 11) is -0.238. The van der Waals surface area contributed by atoms with Crippen molar-refractivity contribution >= 4 is 32.8 Å². The smallest absolute Gasteiger partial charge is 0.275 e. The molecule has 7 rings (SSSR count). The molecule has 0 radical (unpaired) electrons. The average Bonchev–Trinajstić information content (AvgIpc) is 3.80. The number of rotatable bonds is 13. The van der Waals surface area contributed by atoms with Crippen molar-refractivity contribution in [3.05, 3.63) is 86.8 Å². The minimum Gasteiger partial charge on any atom is -0.377 e. The number of hydrogen-bond donors (Lipinski definition) is 1. The molecule has 0 atom stereocenters. The van der Waals surface area contributed by atoms with Gasteiger partial charge in [0, 0.05) is 56.3 Å². The van der Waals surface area contributed by atoms with Crippen LogP contribution in [0.25, 0.3) is 22.2 Å². The van der Waals surface area contributed by atoms with E-state index >= 15 is 0 Å². The summed E-state index contributed by atoms with van der Waals surface area (Å²) >= 11 is 0. The number of aryl methyl sites for hydroxylation is 3. The van der Waals surface area contributed by atoms with Crippen LogP contribution in [0.1, 0.15) is 71.9 Å². The highest BCUT2D eigenvalue weighted by Crippen LogP contribution is 2.40. The van der Waals surface area contributed by atoms with Crippen LogP contribution in [0.4, 0.5) is 5.82 Å². The molecule has 2 fully saturated rings. The van der Waals surface area contributed by atoms with Gasteiger partial charge in [0.05, 0.1) is 18.0 Å². The van der Waals surface area contributed by atoms with E-state index < -0.39 is 10.0 Å². The minimum atomic E-state index is -4.07. The van der Waals surface area contributed by atoms with Crippen molar-refractivity contribution in [2.45, 2.75) is 71.4 Å². The van der Waals surface area contributed by atoms with E-state index in [0.717, 1.165) is 43.5 Å². The molecule has 1 amide bonds. The standard InChI is InChI=1S/C39H48N8O6S/c1-7-9-14-32-40-36-33(34(41-45(36)6)38(49)46-23-39(24-46)17-18-44(5)22-39)37(48)47(32)20-27-15-16-29(28(19-27)21-52-8-2)30-12-10-11-13-31(30)54(50,51)43-35-25(3)26(4)53-42-35/h10-13,15-16,19H,7-9,14,17-18,20-24H2,1-6H3,(H,42,43). The molecule has 2 aliphatic rings. The molecule has 1 spiro atoms. The van der Waals surface area contributed by atoms with Gasteiger partial charge in [-0.05, 0) is 70.0 Å². The Morgan fingerprint density at radius 1 is 1.06 bits per heavy atom. The molecule has 2 aliphatic heterocycles. The topological polar surface area (TPSA) is 158 Å². The number of ether oxygens (including phenoxy) is 1. The molecule has 286 valence electrons. The average molecular weight is 757 g/mol. The normalized spacial score (nSPS) is 15.7. The zero-order valence-corrected chi connectivity index (χ0v) is 32.6. The van der Waals surface area contributed by atoms with Gasteiger partial charge in [-0.15, -0.1) is 0 Å². The van der Waals surface area contributed by atoms with Gasteiger partial charge >= 0.3 is 0 Å². The largest absolute Gasteiger partial charge is 0.377 e. The van der Waals surface area contributed by atoms with E-state index in [9.17, 15) is 18.0 Å². The number of anilines is 1. The Morgan fingerprint density at radius 3 is 2.52 bits per heavy atom. The predicted molar refractivity (Wildman–Crippen MR) is 205 cm³/mol. The molecular weight excluding hydrogens is 709 g/mol. The minimum absolute atomic E-state index is 0.0742. The Kier molecular flexibility index (Phi) is 10.2. The van der Waals surface area contributed by atoms with Crippen LogP contribution in [0.5, 0.6) is 0 Å². The molecule has 14 nitrogen and oxygen atoms in total. The number of unbranched alkanes of at least 4 members (excludes halogenated alkanes) is 1. The fraction of sp³-hybridized carbons (Fsp3) is 0.462. The number of carbonyl (C=O) groups is 1. The highest BCUT2D eigenvalue weighted by molar-refractivity contribution is 7.92. The summed E-state index contributed by atoms with van der Waals surface area (Å²) in [4.78, 5) is 37.5. The summed E-state index contributed by atoms with van der Waals surface area (Å²) in [6, 6.07) is 12.5. The van der Waals surface area contributed by atoms with Crippen LogP contribution in [-0.2, 0) is 41.4 Å².